The fourth-order valence-corrected chi connectivity index (χ4v) is 2.74. The molecule has 0 heterocycles. The van der Waals surface area contributed by atoms with Crippen molar-refractivity contribution in [1.82, 2.24) is 10.6 Å². The number of hydrogen-bond acceptors (Lipinski definition) is 2. The Balaban J connectivity index is 2.00. The second-order valence-corrected chi connectivity index (χ2v) is 5.51. The minimum absolute atomic E-state index is 0.696. The maximum absolute atomic E-state index is 5.18. The van der Waals surface area contributed by atoms with Gasteiger partial charge in [-0.2, -0.15) is 0 Å². The van der Waals surface area contributed by atoms with Crippen LogP contribution in [0.2, 0.25) is 0 Å². The first-order valence-corrected chi connectivity index (χ1v) is 7.13. The van der Waals surface area contributed by atoms with Crippen molar-refractivity contribution in [3.05, 3.63) is 0 Å². The first kappa shape index (κ1) is 14.7. The molecule has 4 heteroatoms. The van der Waals surface area contributed by atoms with Crippen LogP contribution in [0.1, 0.15) is 39.0 Å². The fraction of sp³-hybridized carbons (Fsp3) is 0.923. The standard InChI is InChI=1S/C13H26N2OS/c1-11-4-3-5-12(10-11)6-7-14-13(17)15-8-9-16-2/h11-12H,3-10H2,1-2H3,(H2,14,15,17). The molecule has 0 aromatic rings. The summed E-state index contributed by atoms with van der Waals surface area (Å²) in [7, 11) is 1.70. The van der Waals surface area contributed by atoms with E-state index in [1.54, 1.807) is 7.11 Å². The Kier molecular flexibility index (Phi) is 7.53. The monoisotopic (exact) mass is 258 g/mol. The molecule has 1 rings (SSSR count). The van der Waals surface area contributed by atoms with Crippen molar-refractivity contribution in [3.63, 3.8) is 0 Å². The maximum atomic E-state index is 5.18. The molecule has 100 valence electrons. The molecule has 0 radical (unpaired) electrons. The molecule has 0 aliphatic heterocycles. The van der Waals surface area contributed by atoms with E-state index in [4.69, 9.17) is 17.0 Å². The summed E-state index contributed by atoms with van der Waals surface area (Å²) in [5, 5.41) is 7.15. The molecular formula is C13H26N2OS. The molecule has 1 aliphatic rings. The predicted octanol–water partition coefficient (Wildman–Crippen LogP) is 2.31. The quantitative estimate of drug-likeness (QED) is 0.566. The van der Waals surface area contributed by atoms with Crippen LogP contribution in [-0.4, -0.2) is 31.9 Å². The van der Waals surface area contributed by atoms with Gasteiger partial charge in [0.2, 0.25) is 0 Å². The van der Waals surface area contributed by atoms with Crippen molar-refractivity contribution >= 4 is 17.3 Å². The summed E-state index contributed by atoms with van der Waals surface area (Å²) in [6.07, 6.45) is 6.86. The van der Waals surface area contributed by atoms with E-state index in [1.807, 2.05) is 0 Å². The number of nitrogens with one attached hydrogen (secondary N) is 2. The van der Waals surface area contributed by atoms with E-state index >= 15 is 0 Å². The van der Waals surface area contributed by atoms with Gasteiger partial charge >= 0.3 is 0 Å². The van der Waals surface area contributed by atoms with Gasteiger partial charge < -0.3 is 15.4 Å². The van der Waals surface area contributed by atoms with Crippen molar-refractivity contribution in [2.45, 2.75) is 39.0 Å². The SMILES string of the molecule is COCCNC(=S)NCCC1CCCC(C)C1. The Morgan fingerprint density at radius 3 is 2.76 bits per heavy atom. The second-order valence-electron chi connectivity index (χ2n) is 5.10. The van der Waals surface area contributed by atoms with Gasteiger partial charge in [-0.1, -0.05) is 26.2 Å². The molecule has 2 N–H and O–H groups in total. The number of rotatable bonds is 6. The second kappa shape index (κ2) is 8.70. The van der Waals surface area contributed by atoms with E-state index in [9.17, 15) is 0 Å². The lowest BCUT2D eigenvalue weighted by Gasteiger charge is -2.26. The van der Waals surface area contributed by atoms with Crippen LogP contribution < -0.4 is 10.6 Å². The zero-order chi connectivity index (χ0) is 12.5. The van der Waals surface area contributed by atoms with Gasteiger partial charge in [-0.3, -0.25) is 0 Å². The summed E-state index contributed by atoms with van der Waals surface area (Å²) in [6, 6.07) is 0. The van der Waals surface area contributed by atoms with Gasteiger partial charge in [-0.15, -0.1) is 0 Å². The third kappa shape index (κ3) is 6.84. The molecular weight excluding hydrogens is 232 g/mol. The predicted molar refractivity (Wildman–Crippen MR) is 76.2 cm³/mol. The third-order valence-electron chi connectivity index (χ3n) is 3.47. The highest BCUT2D eigenvalue weighted by Crippen LogP contribution is 2.30. The summed E-state index contributed by atoms with van der Waals surface area (Å²) in [4.78, 5) is 0. The van der Waals surface area contributed by atoms with Crippen LogP contribution in [0, 0.1) is 11.8 Å². The van der Waals surface area contributed by atoms with Gasteiger partial charge in [0.25, 0.3) is 0 Å². The Labute approximate surface area is 111 Å². The molecule has 0 saturated heterocycles. The number of ether oxygens (including phenoxy) is 1. The molecule has 0 spiro atoms. The van der Waals surface area contributed by atoms with E-state index in [0.29, 0.717) is 6.61 Å². The average molecular weight is 258 g/mol. The van der Waals surface area contributed by atoms with Crippen molar-refractivity contribution in [2.75, 3.05) is 26.8 Å². The Bertz CT molecular complexity index is 223. The van der Waals surface area contributed by atoms with Crippen molar-refractivity contribution in [3.8, 4) is 0 Å². The van der Waals surface area contributed by atoms with E-state index < -0.39 is 0 Å². The molecule has 1 fully saturated rings. The maximum Gasteiger partial charge on any atom is 0.166 e. The van der Waals surface area contributed by atoms with Crippen LogP contribution in [0.4, 0.5) is 0 Å². The van der Waals surface area contributed by atoms with Crippen LogP contribution in [-0.2, 0) is 4.74 Å². The minimum atomic E-state index is 0.696. The fourth-order valence-electron chi connectivity index (χ4n) is 2.54. The summed E-state index contributed by atoms with van der Waals surface area (Å²) in [6.45, 7) is 4.84. The number of hydrogen-bond donors (Lipinski definition) is 2. The van der Waals surface area contributed by atoms with Gasteiger partial charge in [-0.25, -0.2) is 0 Å². The largest absolute Gasteiger partial charge is 0.383 e. The molecule has 0 amide bonds. The zero-order valence-electron chi connectivity index (χ0n) is 11.1. The normalized spacial score (nSPS) is 24.4. The van der Waals surface area contributed by atoms with Crippen LogP contribution in [0.25, 0.3) is 0 Å². The van der Waals surface area contributed by atoms with Gasteiger partial charge in [0.15, 0.2) is 5.11 Å². The average Bonchev–Trinajstić information content (AvgIpc) is 2.29. The number of methoxy groups -OCH3 is 1. The molecule has 1 aliphatic carbocycles. The Morgan fingerprint density at radius 1 is 1.29 bits per heavy atom. The lowest BCUT2D eigenvalue weighted by molar-refractivity contribution is 0.204. The topological polar surface area (TPSA) is 33.3 Å². The Hall–Kier alpha value is -0.350. The highest BCUT2D eigenvalue weighted by atomic mass is 32.1. The third-order valence-corrected chi connectivity index (χ3v) is 3.76. The van der Waals surface area contributed by atoms with Gasteiger partial charge in [0.05, 0.1) is 6.61 Å². The van der Waals surface area contributed by atoms with Crippen LogP contribution in [0.15, 0.2) is 0 Å². The summed E-state index contributed by atoms with van der Waals surface area (Å²) < 4.78 is 4.95. The highest BCUT2D eigenvalue weighted by Gasteiger charge is 2.18. The zero-order valence-corrected chi connectivity index (χ0v) is 11.9. The smallest absolute Gasteiger partial charge is 0.166 e. The summed E-state index contributed by atoms with van der Waals surface area (Å²) in [5.41, 5.74) is 0. The first-order chi connectivity index (χ1) is 8.22. The van der Waals surface area contributed by atoms with Gasteiger partial charge in [0, 0.05) is 20.2 Å². The summed E-state index contributed by atoms with van der Waals surface area (Å²) in [5.74, 6) is 1.81. The van der Waals surface area contributed by atoms with Gasteiger partial charge in [0.1, 0.15) is 0 Å². The molecule has 1 saturated carbocycles. The lowest BCUT2D eigenvalue weighted by Crippen LogP contribution is -2.38. The van der Waals surface area contributed by atoms with Crippen molar-refractivity contribution in [1.29, 1.82) is 0 Å². The van der Waals surface area contributed by atoms with Crippen molar-refractivity contribution < 1.29 is 4.74 Å². The van der Waals surface area contributed by atoms with Crippen LogP contribution in [0.5, 0.6) is 0 Å². The molecule has 17 heavy (non-hydrogen) atoms. The number of thiocarbonyl (C=S) groups is 1. The minimum Gasteiger partial charge on any atom is -0.383 e. The van der Waals surface area contributed by atoms with Crippen molar-refractivity contribution in [2.24, 2.45) is 11.8 Å². The Morgan fingerprint density at radius 2 is 2.06 bits per heavy atom. The first-order valence-electron chi connectivity index (χ1n) is 6.73. The van der Waals surface area contributed by atoms with Gasteiger partial charge in [-0.05, 0) is 36.9 Å². The van der Waals surface area contributed by atoms with Crippen LogP contribution in [0.3, 0.4) is 0 Å². The highest BCUT2D eigenvalue weighted by molar-refractivity contribution is 7.80. The van der Waals surface area contributed by atoms with E-state index in [-0.39, 0.29) is 0 Å². The summed E-state index contributed by atoms with van der Waals surface area (Å²) >= 11 is 5.18. The molecule has 0 bridgehead atoms. The lowest BCUT2D eigenvalue weighted by atomic mass is 9.81. The molecule has 2 unspecified atom stereocenters. The molecule has 0 aromatic heterocycles. The molecule has 0 aromatic carbocycles. The van der Waals surface area contributed by atoms with Crippen LogP contribution >= 0.6 is 12.2 Å². The molecule has 2 atom stereocenters. The molecule has 3 nitrogen and oxygen atoms in total. The van der Waals surface area contributed by atoms with E-state index in [2.05, 4.69) is 17.6 Å². The van der Waals surface area contributed by atoms with E-state index in [1.165, 1.54) is 32.1 Å². The van der Waals surface area contributed by atoms with E-state index in [0.717, 1.165) is 30.0 Å².